The number of hydrogen-bond acceptors (Lipinski definition) is 6. The highest BCUT2D eigenvalue weighted by Gasteiger charge is 2.53. The van der Waals surface area contributed by atoms with Crippen molar-refractivity contribution >= 4 is 17.5 Å². The van der Waals surface area contributed by atoms with Gasteiger partial charge in [-0.25, -0.2) is 13.8 Å². The molecule has 9 heteroatoms. The van der Waals surface area contributed by atoms with E-state index in [1.807, 2.05) is 20.0 Å². The molecule has 0 radical (unpaired) electrons. The van der Waals surface area contributed by atoms with Crippen molar-refractivity contribution in [3.8, 4) is 6.07 Å². The monoisotopic (exact) mass is 373 g/mol. The van der Waals surface area contributed by atoms with Crippen molar-refractivity contribution in [1.29, 1.82) is 5.26 Å². The first kappa shape index (κ1) is 17.6. The van der Waals surface area contributed by atoms with Crippen LogP contribution in [0.2, 0.25) is 0 Å². The Bertz CT molecular complexity index is 923. The average molecular weight is 373 g/mol. The first-order valence-corrected chi connectivity index (χ1v) is 8.95. The molecule has 2 aromatic rings. The van der Waals surface area contributed by atoms with Crippen molar-refractivity contribution in [2.75, 3.05) is 10.6 Å². The molecule has 142 valence electrons. The highest BCUT2D eigenvalue weighted by atomic mass is 19.3. The Kier molecular flexibility index (Phi) is 3.84. The summed E-state index contributed by atoms with van der Waals surface area (Å²) in [5.74, 6) is -2.64. The summed E-state index contributed by atoms with van der Waals surface area (Å²) in [5.41, 5.74) is 0.820. The predicted octanol–water partition coefficient (Wildman–Crippen LogP) is 3.89. The highest BCUT2D eigenvalue weighted by molar-refractivity contribution is 5.58. The summed E-state index contributed by atoms with van der Waals surface area (Å²) < 4.78 is 29.4. The van der Waals surface area contributed by atoms with E-state index in [0.717, 1.165) is 38.1 Å². The molecule has 2 atom stereocenters. The number of halogens is 2. The normalized spacial score (nSPS) is 24.4. The number of rotatable bonds is 6. The molecular weight excluding hydrogens is 352 g/mol. The van der Waals surface area contributed by atoms with Crippen molar-refractivity contribution in [2.24, 2.45) is 5.41 Å². The average Bonchev–Trinajstić information content (AvgIpc) is 3.49. The van der Waals surface area contributed by atoms with E-state index in [0.29, 0.717) is 5.69 Å². The fraction of sp³-hybridized carbons (Fsp3) is 0.556. The summed E-state index contributed by atoms with van der Waals surface area (Å²) in [6, 6.07) is 2.55. The molecule has 7 nitrogen and oxygen atoms in total. The molecule has 2 aliphatic rings. The largest absolute Gasteiger partial charge is 0.367 e. The van der Waals surface area contributed by atoms with Crippen LogP contribution in [0.1, 0.15) is 50.4 Å². The zero-order valence-electron chi connectivity index (χ0n) is 15.4. The lowest BCUT2D eigenvalue weighted by molar-refractivity contribution is 0.0176. The van der Waals surface area contributed by atoms with Crippen molar-refractivity contribution in [2.45, 2.75) is 58.0 Å². The molecule has 2 fully saturated rings. The van der Waals surface area contributed by atoms with Crippen LogP contribution in [0.5, 0.6) is 0 Å². The van der Waals surface area contributed by atoms with Gasteiger partial charge in [0.05, 0.1) is 34.5 Å². The Morgan fingerprint density at radius 2 is 2.15 bits per heavy atom. The molecule has 4 rings (SSSR count). The van der Waals surface area contributed by atoms with Gasteiger partial charge < -0.3 is 10.6 Å². The van der Waals surface area contributed by atoms with E-state index in [9.17, 15) is 14.0 Å². The molecule has 0 aromatic carbocycles. The topological polar surface area (TPSA) is 91.5 Å². The fourth-order valence-electron chi connectivity index (χ4n) is 3.03. The van der Waals surface area contributed by atoms with Crippen LogP contribution in [0, 0.1) is 23.7 Å². The number of alkyl halides is 2. The van der Waals surface area contributed by atoms with Gasteiger partial charge >= 0.3 is 0 Å². The molecule has 0 amide bonds. The van der Waals surface area contributed by atoms with Gasteiger partial charge in [0.25, 0.3) is 5.92 Å². The van der Waals surface area contributed by atoms with Gasteiger partial charge in [0.2, 0.25) is 5.95 Å². The molecule has 2 saturated carbocycles. The standard InChI is InChI=1S/C18H21F2N7/c1-10-13(8-27(26-10)14-6-17(14,2)9-21)24-16-22-7-12(18(3,19)20)15(25-16)23-11-4-5-11/h7-8,11,14H,4-6H2,1-3H3,(H2,22,23,24,25)/t14?,17-/m1/s1. The number of aromatic nitrogens is 4. The Morgan fingerprint density at radius 1 is 1.41 bits per heavy atom. The minimum absolute atomic E-state index is 0.0471. The van der Waals surface area contributed by atoms with E-state index in [1.165, 1.54) is 0 Å². The van der Waals surface area contributed by atoms with Crippen molar-refractivity contribution in [3.05, 3.63) is 23.7 Å². The van der Waals surface area contributed by atoms with E-state index >= 15 is 0 Å². The van der Waals surface area contributed by atoms with Gasteiger partial charge in [-0.15, -0.1) is 0 Å². The summed E-state index contributed by atoms with van der Waals surface area (Å²) in [4.78, 5) is 8.32. The fourth-order valence-corrected chi connectivity index (χ4v) is 3.03. The molecule has 1 unspecified atom stereocenters. The van der Waals surface area contributed by atoms with Crippen LogP contribution >= 0.6 is 0 Å². The molecule has 0 spiro atoms. The number of nitriles is 1. The second-order valence-electron chi connectivity index (χ2n) is 7.75. The van der Waals surface area contributed by atoms with Gasteiger partial charge in [-0.2, -0.15) is 15.3 Å². The van der Waals surface area contributed by atoms with E-state index in [4.69, 9.17) is 0 Å². The van der Waals surface area contributed by atoms with Crippen LogP contribution in [0.3, 0.4) is 0 Å². The first-order chi connectivity index (χ1) is 12.7. The molecule has 0 saturated heterocycles. The van der Waals surface area contributed by atoms with Crippen LogP contribution in [-0.4, -0.2) is 25.8 Å². The van der Waals surface area contributed by atoms with Crippen LogP contribution in [0.15, 0.2) is 12.4 Å². The maximum Gasteiger partial charge on any atom is 0.275 e. The van der Waals surface area contributed by atoms with E-state index in [1.54, 1.807) is 4.68 Å². The summed E-state index contributed by atoms with van der Waals surface area (Å²) >= 11 is 0. The highest BCUT2D eigenvalue weighted by Crippen LogP contribution is 2.55. The predicted molar refractivity (Wildman–Crippen MR) is 95.9 cm³/mol. The molecule has 0 aliphatic heterocycles. The molecule has 2 heterocycles. The third-order valence-corrected chi connectivity index (χ3v) is 5.11. The number of aryl methyl sites for hydroxylation is 1. The lowest BCUT2D eigenvalue weighted by Crippen LogP contribution is -2.16. The lowest BCUT2D eigenvalue weighted by atomic mass is 10.2. The maximum atomic E-state index is 13.8. The molecule has 2 aliphatic carbocycles. The third-order valence-electron chi connectivity index (χ3n) is 5.11. The molecule has 0 bridgehead atoms. The minimum atomic E-state index is -3.02. The van der Waals surface area contributed by atoms with E-state index in [-0.39, 0.29) is 34.8 Å². The Hall–Kier alpha value is -2.76. The second kappa shape index (κ2) is 5.87. The lowest BCUT2D eigenvalue weighted by Gasteiger charge is -2.16. The summed E-state index contributed by atoms with van der Waals surface area (Å²) in [6.07, 6.45) is 5.63. The smallest absolute Gasteiger partial charge is 0.275 e. The van der Waals surface area contributed by atoms with E-state index in [2.05, 4.69) is 31.8 Å². The molecule has 2 aromatic heterocycles. The van der Waals surface area contributed by atoms with Gasteiger partial charge in [0, 0.05) is 25.4 Å². The molecule has 27 heavy (non-hydrogen) atoms. The Balaban J connectivity index is 1.58. The van der Waals surface area contributed by atoms with Crippen LogP contribution in [0.4, 0.5) is 26.2 Å². The number of hydrogen-bond donors (Lipinski definition) is 2. The summed E-state index contributed by atoms with van der Waals surface area (Å²) in [6.45, 7) is 4.58. The first-order valence-electron chi connectivity index (χ1n) is 8.95. The van der Waals surface area contributed by atoms with Crippen LogP contribution in [-0.2, 0) is 5.92 Å². The van der Waals surface area contributed by atoms with Crippen molar-refractivity contribution in [3.63, 3.8) is 0 Å². The van der Waals surface area contributed by atoms with E-state index < -0.39 is 5.92 Å². The van der Waals surface area contributed by atoms with Gasteiger partial charge in [-0.05, 0) is 33.1 Å². The van der Waals surface area contributed by atoms with Gasteiger partial charge in [-0.3, -0.25) is 4.68 Å². The number of anilines is 3. The van der Waals surface area contributed by atoms with Gasteiger partial charge in [0.15, 0.2) is 0 Å². The van der Waals surface area contributed by atoms with Crippen LogP contribution in [0.25, 0.3) is 0 Å². The SMILES string of the molecule is Cc1nn(C2C[C@]2(C)C#N)cc1Nc1ncc(C(C)(F)F)c(NC2CC2)n1. The Morgan fingerprint density at radius 3 is 2.74 bits per heavy atom. The third kappa shape index (κ3) is 3.44. The molecular formula is C18H21F2N7. The minimum Gasteiger partial charge on any atom is -0.367 e. The Labute approximate surface area is 155 Å². The number of nitrogens with one attached hydrogen (secondary N) is 2. The number of nitrogens with zero attached hydrogens (tertiary/aromatic N) is 5. The zero-order chi connectivity index (χ0) is 19.4. The summed E-state index contributed by atoms with van der Waals surface area (Å²) in [7, 11) is 0. The van der Waals surface area contributed by atoms with Crippen molar-refractivity contribution < 1.29 is 8.78 Å². The van der Waals surface area contributed by atoms with Crippen molar-refractivity contribution in [1.82, 2.24) is 19.7 Å². The maximum absolute atomic E-state index is 13.8. The zero-order valence-corrected chi connectivity index (χ0v) is 15.4. The van der Waals surface area contributed by atoms with Gasteiger partial charge in [0.1, 0.15) is 5.82 Å². The quantitative estimate of drug-likeness (QED) is 0.798. The summed E-state index contributed by atoms with van der Waals surface area (Å²) in [5, 5.41) is 19.8. The second-order valence-corrected chi connectivity index (χ2v) is 7.75. The molecule has 2 N–H and O–H groups in total. The van der Waals surface area contributed by atoms with Crippen LogP contribution < -0.4 is 10.6 Å². The van der Waals surface area contributed by atoms with Gasteiger partial charge in [-0.1, -0.05) is 0 Å².